The molecule has 2 aromatic rings. The van der Waals surface area contributed by atoms with Crippen LogP contribution in [0.4, 0.5) is 11.6 Å². The number of hydrogen-bond donors (Lipinski definition) is 2. The molecule has 7 nitrogen and oxygen atoms in total. The van der Waals surface area contributed by atoms with Gasteiger partial charge in [0, 0.05) is 13.1 Å². The molecule has 0 aromatic carbocycles. The zero-order chi connectivity index (χ0) is 17.4. The highest BCUT2D eigenvalue weighted by Crippen LogP contribution is 2.35. The molecule has 25 heavy (non-hydrogen) atoms. The van der Waals surface area contributed by atoms with Crippen LogP contribution in [0.1, 0.15) is 32.1 Å². The van der Waals surface area contributed by atoms with Crippen molar-refractivity contribution in [2.45, 2.75) is 38.1 Å². The van der Waals surface area contributed by atoms with Crippen LogP contribution in [0.2, 0.25) is 10.4 Å². The third-order valence-corrected chi connectivity index (χ3v) is 5.16. The van der Waals surface area contributed by atoms with E-state index < -0.39 is 0 Å². The minimum absolute atomic E-state index is 0.0239. The Hall–Kier alpha value is -1.44. The molecule has 2 fully saturated rings. The Bertz CT molecular complexity index is 779. The first-order valence-electron chi connectivity index (χ1n) is 8.67. The third kappa shape index (κ3) is 3.73. The number of aliphatic hydroxyl groups is 1. The number of aromatic nitrogens is 4. The van der Waals surface area contributed by atoms with E-state index in [-0.39, 0.29) is 23.1 Å². The van der Waals surface area contributed by atoms with Crippen molar-refractivity contribution in [3.63, 3.8) is 0 Å². The molecule has 1 aliphatic carbocycles. The van der Waals surface area contributed by atoms with E-state index >= 15 is 0 Å². The number of halogens is 2. The molecule has 1 saturated heterocycles. The van der Waals surface area contributed by atoms with E-state index in [9.17, 15) is 5.11 Å². The van der Waals surface area contributed by atoms with Crippen molar-refractivity contribution in [3.8, 4) is 0 Å². The number of aliphatic hydroxyl groups excluding tert-OH is 1. The predicted molar refractivity (Wildman–Crippen MR) is 98.4 cm³/mol. The normalized spacial score (nSPS) is 18.8. The number of rotatable bonds is 6. The van der Waals surface area contributed by atoms with E-state index in [0.717, 1.165) is 32.4 Å². The summed E-state index contributed by atoms with van der Waals surface area (Å²) in [7, 11) is 0. The molecule has 2 aliphatic rings. The second-order valence-corrected chi connectivity index (χ2v) is 7.44. The standard InChI is InChI=1S/C16H20Cl2N6O/c17-12-14(19-10(8-25)7-9-3-4-9)21-13-11(20-12)15(23-16(18)22-13)24-5-1-2-6-24/h9-10,25H,1-8H2,(H,19,21,22,23). The SMILES string of the molecule is OCC(CC1CC1)Nc1nc2nc(Cl)nc(N3CCCC3)c2nc1Cl. The van der Waals surface area contributed by atoms with E-state index in [4.69, 9.17) is 23.2 Å². The summed E-state index contributed by atoms with van der Waals surface area (Å²) in [6, 6.07) is -0.0906. The van der Waals surface area contributed by atoms with E-state index in [1.165, 1.54) is 12.8 Å². The smallest absolute Gasteiger partial charge is 0.226 e. The zero-order valence-electron chi connectivity index (χ0n) is 13.8. The van der Waals surface area contributed by atoms with E-state index in [2.05, 4.69) is 30.2 Å². The first-order chi connectivity index (χ1) is 12.1. The molecule has 0 radical (unpaired) electrons. The average Bonchev–Trinajstić information content (AvgIpc) is 3.24. The number of nitrogens with one attached hydrogen (secondary N) is 1. The van der Waals surface area contributed by atoms with Crippen LogP contribution in [-0.2, 0) is 0 Å². The predicted octanol–water partition coefficient (Wildman–Crippen LogP) is 2.90. The number of hydrogen-bond acceptors (Lipinski definition) is 7. The Morgan fingerprint density at radius 1 is 1.12 bits per heavy atom. The summed E-state index contributed by atoms with van der Waals surface area (Å²) in [5.41, 5.74) is 0.974. The summed E-state index contributed by atoms with van der Waals surface area (Å²) in [4.78, 5) is 19.7. The highest BCUT2D eigenvalue weighted by Gasteiger charge is 2.26. The van der Waals surface area contributed by atoms with Crippen LogP contribution in [-0.4, -0.2) is 50.8 Å². The highest BCUT2D eigenvalue weighted by atomic mass is 35.5. The van der Waals surface area contributed by atoms with Crippen molar-refractivity contribution in [1.29, 1.82) is 0 Å². The third-order valence-electron chi connectivity index (χ3n) is 4.72. The second kappa shape index (κ2) is 7.05. The minimum atomic E-state index is -0.0906. The fourth-order valence-corrected chi connectivity index (χ4v) is 3.60. The van der Waals surface area contributed by atoms with Gasteiger partial charge in [0.25, 0.3) is 0 Å². The first-order valence-corrected chi connectivity index (χ1v) is 9.42. The molecular weight excluding hydrogens is 363 g/mol. The molecule has 2 N–H and O–H groups in total. The molecule has 9 heteroatoms. The van der Waals surface area contributed by atoms with Gasteiger partial charge in [0.05, 0.1) is 12.6 Å². The molecule has 3 heterocycles. The first kappa shape index (κ1) is 17.0. The Labute approximate surface area is 155 Å². The molecule has 0 spiro atoms. The molecule has 0 bridgehead atoms. The van der Waals surface area contributed by atoms with Crippen molar-refractivity contribution in [2.75, 3.05) is 29.9 Å². The number of anilines is 2. The second-order valence-electron chi connectivity index (χ2n) is 6.75. The lowest BCUT2D eigenvalue weighted by Gasteiger charge is -2.19. The van der Waals surface area contributed by atoms with Gasteiger partial charge in [-0.15, -0.1) is 0 Å². The van der Waals surface area contributed by atoms with Crippen LogP contribution in [0.5, 0.6) is 0 Å². The highest BCUT2D eigenvalue weighted by molar-refractivity contribution is 6.32. The molecule has 134 valence electrons. The molecule has 1 atom stereocenters. The molecule has 1 aliphatic heterocycles. The summed E-state index contributed by atoms with van der Waals surface area (Å²) in [6.45, 7) is 1.85. The fraction of sp³-hybridized carbons (Fsp3) is 0.625. The van der Waals surface area contributed by atoms with Gasteiger partial charge in [-0.3, -0.25) is 0 Å². The Balaban J connectivity index is 1.68. The maximum Gasteiger partial charge on any atom is 0.226 e. The fourth-order valence-electron chi connectivity index (χ4n) is 3.26. The molecule has 1 unspecified atom stereocenters. The largest absolute Gasteiger partial charge is 0.394 e. The quantitative estimate of drug-likeness (QED) is 0.742. The van der Waals surface area contributed by atoms with Gasteiger partial charge in [-0.1, -0.05) is 24.4 Å². The lowest BCUT2D eigenvalue weighted by atomic mass is 10.1. The van der Waals surface area contributed by atoms with E-state index in [1.807, 2.05) is 0 Å². The van der Waals surface area contributed by atoms with Gasteiger partial charge >= 0.3 is 0 Å². The van der Waals surface area contributed by atoms with Crippen LogP contribution in [0, 0.1) is 5.92 Å². The van der Waals surface area contributed by atoms with Crippen molar-refractivity contribution in [2.24, 2.45) is 5.92 Å². The van der Waals surface area contributed by atoms with Crippen molar-refractivity contribution in [3.05, 3.63) is 10.4 Å². The number of fused-ring (bicyclic) bond motifs is 1. The van der Waals surface area contributed by atoms with Crippen LogP contribution in [0.25, 0.3) is 11.2 Å². The summed E-state index contributed by atoms with van der Waals surface area (Å²) in [5.74, 6) is 1.79. The Morgan fingerprint density at radius 3 is 2.56 bits per heavy atom. The summed E-state index contributed by atoms with van der Waals surface area (Å²) in [6.07, 6.45) is 5.57. The van der Waals surface area contributed by atoms with E-state index in [0.29, 0.717) is 28.7 Å². The molecule has 1 saturated carbocycles. The molecule has 4 rings (SSSR count). The van der Waals surface area contributed by atoms with Crippen molar-refractivity contribution < 1.29 is 5.11 Å². The van der Waals surface area contributed by atoms with E-state index in [1.54, 1.807) is 0 Å². The van der Waals surface area contributed by atoms with Gasteiger partial charge in [0.1, 0.15) is 0 Å². The van der Waals surface area contributed by atoms with Gasteiger partial charge in [0.2, 0.25) is 5.28 Å². The average molecular weight is 383 g/mol. The van der Waals surface area contributed by atoms with Crippen LogP contribution < -0.4 is 10.2 Å². The van der Waals surface area contributed by atoms with Crippen LogP contribution in [0.15, 0.2) is 0 Å². The summed E-state index contributed by atoms with van der Waals surface area (Å²) in [5, 5.41) is 13.2. The van der Waals surface area contributed by atoms with Crippen LogP contribution >= 0.6 is 23.2 Å². The maximum atomic E-state index is 9.59. The van der Waals surface area contributed by atoms with Gasteiger partial charge in [-0.05, 0) is 36.8 Å². The topological polar surface area (TPSA) is 87.1 Å². The van der Waals surface area contributed by atoms with Gasteiger partial charge < -0.3 is 15.3 Å². The Kier molecular flexibility index (Phi) is 4.80. The lowest BCUT2D eigenvalue weighted by molar-refractivity contribution is 0.265. The zero-order valence-corrected chi connectivity index (χ0v) is 15.3. The molecule has 0 amide bonds. The molecular formula is C16H20Cl2N6O. The van der Waals surface area contributed by atoms with Gasteiger partial charge in [0.15, 0.2) is 28.0 Å². The minimum Gasteiger partial charge on any atom is -0.394 e. The van der Waals surface area contributed by atoms with Gasteiger partial charge in [-0.25, -0.2) is 9.97 Å². The van der Waals surface area contributed by atoms with Crippen molar-refractivity contribution in [1.82, 2.24) is 19.9 Å². The molecule has 2 aromatic heterocycles. The lowest BCUT2D eigenvalue weighted by Crippen LogP contribution is -2.25. The summed E-state index contributed by atoms with van der Waals surface area (Å²) >= 11 is 12.4. The van der Waals surface area contributed by atoms with Crippen LogP contribution in [0.3, 0.4) is 0 Å². The van der Waals surface area contributed by atoms with Crippen molar-refractivity contribution >= 4 is 46.0 Å². The summed E-state index contributed by atoms with van der Waals surface area (Å²) < 4.78 is 0. The Morgan fingerprint density at radius 2 is 1.88 bits per heavy atom. The van der Waals surface area contributed by atoms with Gasteiger partial charge in [-0.2, -0.15) is 9.97 Å². The number of nitrogens with zero attached hydrogens (tertiary/aromatic N) is 5. The maximum absolute atomic E-state index is 9.59. The monoisotopic (exact) mass is 382 g/mol.